The lowest BCUT2D eigenvalue weighted by molar-refractivity contribution is 0.291. The maximum Gasteiger partial charge on any atom is 0.200 e. The summed E-state index contributed by atoms with van der Waals surface area (Å²) in [6.07, 6.45) is 0.746. The number of hydrogen-bond acceptors (Lipinski definition) is 1. The lowest BCUT2D eigenvalue weighted by Gasteiger charge is -2.08. The van der Waals surface area contributed by atoms with Crippen molar-refractivity contribution in [2.75, 3.05) is 6.61 Å². The molecule has 1 aromatic rings. The lowest BCUT2D eigenvalue weighted by Crippen LogP contribution is -2.04. The molecule has 0 saturated carbocycles. The fourth-order valence-electron chi connectivity index (χ4n) is 0.927. The Hall–Kier alpha value is -0.640. The normalized spacial score (nSPS) is 12.6. The van der Waals surface area contributed by atoms with E-state index in [-0.39, 0.29) is 5.75 Å². The van der Waals surface area contributed by atoms with Crippen LogP contribution in [0.3, 0.4) is 0 Å². The zero-order chi connectivity index (χ0) is 10.6. The monoisotopic (exact) mass is 264 g/mol. The molecule has 0 amide bonds. The average molecular weight is 265 g/mol. The first-order valence-corrected chi connectivity index (χ1v) is 5.23. The maximum absolute atomic E-state index is 13.0. The third-order valence-electron chi connectivity index (χ3n) is 1.69. The minimum Gasteiger partial charge on any atom is -0.490 e. The maximum atomic E-state index is 13.0. The van der Waals surface area contributed by atoms with Gasteiger partial charge in [-0.05, 0) is 18.6 Å². The van der Waals surface area contributed by atoms with E-state index in [1.54, 1.807) is 0 Å². The number of ether oxygens (including phenoxy) is 1. The number of alkyl halides is 1. The van der Waals surface area contributed by atoms with Crippen molar-refractivity contribution in [1.82, 2.24) is 0 Å². The molecule has 0 saturated heterocycles. The predicted octanol–water partition coefficient (Wildman–Crippen LogP) is 3.52. The fourth-order valence-corrected chi connectivity index (χ4v) is 1.11. The van der Waals surface area contributed by atoms with Crippen molar-refractivity contribution in [3.8, 4) is 5.75 Å². The average Bonchev–Trinajstić information content (AvgIpc) is 2.12. The van der Waals surface area contributed by atoms with Crippen LogP contribution in [0.25, 0.3) is 0 Å². The number of rotatable bonds is 4. The molecule has 1 aromatic carbocycles. The SMILES string of the molecule is CC(Br)CCOc1cccc(F)c1F. The van der Waals surface area contributed by atoms with Gasteiger partial charge in [0, 0.05) is 4.83 Å². The second kappa shape index (κ2) is 5.29. The summed E-state index contributed by atoms with van der Waals surface area (Å²) in [7, 11) is 0. The van der Waals surface area contributed by atoms with Gasteiger partial charge in [0.15, 0.2) is 11.6 Å². The third kappa shape index (κ3) is 3.25. The molecule has 0 aliphatic carbocycles. The largest absolute Gasteiger partial charge is 0.490 e. The van der Waals surface area contributed by atoms with Gasteiger partial charge in [0.05, 0.1) is 6.61 Å². The zero-order valence-corrected chi connectivity index (χ0v) is 9.35. The molecule has 1 rings (SSSR count). The summed E-state index contributed by atoms with van der Waals surface area (Å²) in [5, 5.41) is 0. The molecule has 0 radical (unpaired) electrons. The van der Waals surface area contributed by atoms with Crippen LogP contribution < -0.4 is 4.74 Å². The van der Waals surface area contributed by atoms with E-state index in [9.17, 15) is 8.78 Å². The van der Waals surface area contributed by atoms with Crippen molar-refractivity contribution >= 4 is 15.9 Å². The molecule has 1 nitrogen and oxygen atoms in total. The Balaban J connectivity index is 2.54. The minimum atomic E-state index is -0.922. The van der Waals surface area contributed by atoms with Crippen molar-refractivity contribution in [2.24, 2.45) is 0 Å². The molecule has 0 aliphatic heterocycles. The third-order valence-corrected chi connectivity index (χ3v) is 2.15. The van der Waals surface area contributed by atoms with Crippen LogP contribution in [0, 0.1) is 11.6 Å². The van der Waals surface area contributed by atoms with E-state index in [2.05, 4.69) is 15.9 Å². The molecular formula is C10H11BrF2O. The number of benzene rings is 1. The first kappa shape index (κ1) is 11.4. The molecule has 0 bridgehead atoms. The van der Waals surface area contributed by atoms with Gasteiger partial charge in [-0.15, -0.1) is 0 Å². The van der Waals surface area contributed by atoms with Crippen molar-refractivity contribution in [1.29, 1.82) is 0 Å². The van der Waals surface area contributed by atoms with Gasteiger partial charge in [0.1, 0.15) is 0 Å². The predicted molar refractivity (Wildman–Crippen MR) is 54.9 cm³/mol. The van der Waals surface area contributed by atoms with Gasteiger partial charge >= 0.3 is 0 Å². The highest BCUT2D eigenvalue weighted by Gasteiger charge is 2.08. The van der Waals surface area contributed by atoms with E-state index in [4.69, 9.17) is 4.74 Å². The van der Waals surface area contributed by atoms with Gasteiger partial charge in [-0.3, -0.25) is 0 Å². The van der Waals surface area contributed by atoms with Gasteiger partial charge in [0.25, 0.3) is 0 Å². The van der Waals surface area contributed by atoms with Crippen LogP contribution in [-0.4, -0.2) is 11.4 Å². The first-order valence-electron chi connectivity index (χ1n) is 4.32. The van der Waals surface area contributed by atoms with Crippen LogP contribution >= 0.6 is 15.9 Å². The molecule has 78 valence electrons. The molecular weight excluding hydrogens is 254 g/mol. The highest BCUT2D eigenvalue weighted by atomic mass is 79.9. The molecule has 0 spiro atoms. The van der Waals surface area contributed by atoms with E-state index in [1.807, 2.05) is 6.92 Å². The fraction of sp³-hybridized carbons (Fsp3) is 0.400. The van der Waals surface area contributed by atoms with E-state index in [1.165, 1.54) is 12.1 Å². The second-order valence-corrected chi connectivity index (χ2v) is 4.53. The van der Waals surface area contributed by atoms with E-state index in [0.717, 1.165) is 12.5 Å². The summed E-state index contributed by atoms with van der Waals surface area (Å²) in [4.78, 5) is 0.305. The van der Waals surface area contributed by atoms with E-state index in [0.29, 0.717) is 11.4 Å². The smallest absolute Gasteiger partial charge is 0.200 e. The summed E-state index contributed by atoms with van der Waals surface area (Å²) in [5.74, 6) is -1.83. The Morgan fingerprint density at radius 2 is 2.14 bits per heavy atom. The Labute approximate surface area is 90.2 Å². The topological polar surface area (TPSA) is 9.23 Å². The van der Waals surface area contributed by atoms with E-state index >= 15 is 0 Å². The molecule has 0 heterocycles. The summed E-state index contributed by atoms with van der Waals surface area (Å²) < 4.78 is 30.8. The standard InChI is InChI=1S/C10H11BrF2O/c1-7(11)5-6-14-9-4-2-3-8(12)10(9)13/h2-4,7H,5-6H2,1H3. The molecule has 1 unspecified atom stereocenters. The van der Waals surface area contributed by atoms with Gasteiger partial charge in [-0.2, -0.15) is 4.39 Å². The van der Waals surface area contributed by atoms with Crippen LogP contribution in [0.4, 0.5) is 8.78 Å². The van der Waals surface area contributed by atoms with Crippen molar-refractivity contribution in [3.05, 3.63) is 29.8 Å². The minimum absolute atomic E-state index is 0.0295. The Morgan fingerprint density at radius 3 is 2.79 bits per heavy atom. The van der Waals surface area contributed by atoms with Crippen LogP contribution in [-0.2, 0) is 0 Å². The van der Waals surface area contributed by atoms with Gasteiger partial charge < -0.3 is 4.74 Å². The molecule has 4 heteroatoms. The van der Waals surface area contributed by atoms with Gasteiger partial charge in [-0.25, -0.2) is 4.39 Å². The summed E-state index contributed by atoms with van der Waals surface area (Å²) in [5.41, 5.74) is 0. The zero-order valence-electron chi connectivity index (χ0n) is 7.77. The lowest BCUT2D eigenvalue weighted by atomic mass is 10.3. The molecule has 0 fully saturated rings. The van der Waals surface area contributed by atoms with Gasteiger partial charge in [0.2, 0.25) is 5.82 Å². The van der Waals surface area contributed by atoms with Crippen LogP contribution in [0.1, 0.15) is 13.3 Å². The molecule has 14 heavy (non-hydrogen) atoms. The molecule has 0 aromatic heterocycles. The van der Waals surface area contributed by atoms with Crippen molar-refractivity contribution < 1.29 is 13.5 Å². The molecule has 1 atom stereocenters. The summed E-state index contributed by atoms with van der Waals surface area (Å²) in [6.45, 7) is 2.33. The Kier molecular flexibility index (Phi) is 4.32. The number of halogens is 3. The molecule has 0 aliphatic rings. The van der Waals surface area contributed by atoms with Gasteiger partial charge in [-0.1, -0.05) is 28.9 Å². The van der Waals surface area contributed by atoms with Crippen LogP contribution in [0.2, 0.25) is 0 Å². The second-order valence-electron chi connectivity index (χ2n) is 2.97. The molecule has 0 N–H and O–H groups in total. The number of hydrogen-bond donors (Lipinski definition) is 0. The Bertz CT molecular complexity index is 302. The van der Waals surface area contributed by atoms with Crippen LogP contribution in [0.5, 0.6) is 5.75 Å². The summed E-state index contributed by atoms with van der Waals surface area (Å²) >= 11 is 3.33. The van der Waals surface area contributed by atoms with E-state index < -0.39 is 11.6 Å². The summed E-state index contributed by atoms with van der Waals surface area (Å²) in [6, 6.07) is 3.90. The van der Waals surface area contributed by atoms with Crippen molar-refractivity contribution in [3.63, 3.8) is 0 Å². The Morgan fingerprint density at radius 1 is 1.43 bits per heavy atom. The highest BCUT2D eigenvalue weighted by molar-refractivity contribution is 9.09. The highest BCUT2D eigenvalue weighted by Crippen LogP contribution is 2.19. The van der Waals surface area contributed by atoms with Crippen molar-refractivity contribution in [2.45, 2.75) is 18.2 Å². The van der Waals surface area contributed by atoms with Crippen LogP contribution in [0.15, 0.2) is 18.2 Å². The first-order chi connectivity index (χ1) is 6.61. The quantitative estimate of drug-likeness (QED) is 0.757.